The van der Waals surface area contributed by atoms with E-state index in [1.807, 2.05) is 6.07 Å². The zero-order valence-electron chi connectivity index (χ0n) is 7.52. The number of aromatic nitrogens is 1. The molecule has 2 N–H and O–H groups in total. The topological polar surface area (TPSA) is 44.9 Å². The van der Waals surface area contributed by atoms with E-state index < -0.39 is 0 Å². The van der Waals surface area contributed by atoms with E-state index >= 15 is 0 Å². The predicted octanol–water partition coefficient (Wildman–Crippen LogP) is 2.58. The third kappa shape index (κ3) is 1.46. The fourth-order valence-electron chi connectivity index (χ4n) is 1.31. The Morgan fingerprint density at radius 2 is 2.36 bits per heavy atom. The van der Waals surface area contributed by atoms with Crippen molar-refractivity contribution in [2.24, 2.45) is 0 Å². The maximum Gasteiger partial charge on any atom is 0.221 e. The molecule has 0 spiro atoms. The summed E-state index contributed by atoms with van der Waals surface area (Å²) in [5.41, 5.74) is 1.52. The van der Waals surface area contributed by atoms with E-state index in [0.29, 0.717) is 10.7 Å². The number of rotatable bonds is 1. The summed E-state index contributed by atoms with van der Waals surface area (Å²) in [5.74, 6) is -0.137. The Hall–Kier alpha value is -1.48. The zero-order valence-corrected chi connectivity index (χ0v) is 8.27. The fourth-order valence-corrected chi connectivity index (χ4v) is 1.58. The molecule has 3 nitrogen and oxygen atoms in total. The first-order valence-corrected chi connectivity index (χ1v) is 4.51. The first-order chi connectivity index (χ1) is 6.68. The van der Waals surface area contributed by atoms with Crippen molar-refractivity contribution in [1.82, 2.24) is 4.98 Å². The lowest BCUT2D eigenvalue weighted by Crippen LogP contribution is -2.05. The van der Waals surface area contributed by atoms with Crippen molar-refractivity contribution >= 4 is 34.1 Å². The molecule has 1 aromatic carbocycles. The Bertz CT molecular complexity index is 490. The Morgan fingerprint density at radius 1 is 1.57 bits per heavy atom. The van der Waals surface area contributed by atoms with E-state index in [4.69, 9.17) is 11.6 Å². The van der Waals surface area contributed by atoms with Crippen LogP contribution in [0.25, 0.3) is 10.9 Å². The van der Waals surface area contributed by atoms with Crippen LogP contribution in [0.1, 0.15) is 6.92 Å². The van der Waals surface area contributed by atoms with Crippen LogP contribution >= 0.6 is 11.6 Å². The molecule has 2 rings (SSSR count). The molecule has 0 aliphatic carbocycles. The van der Waals surface area contributed by atoms with Crippen LogP contribution in [0.2, 0.25) is 5.02 Å². The van der Waals surface area contributed by atoms with Crippen LogP contribution in [0.3, 0.4) is 0 Å². The number of H-pyrrole nitrogens is 1. The minimum absolute atomic E-state index is 0.137. The maximum absolute atomic E-state index is 10.9. The first-order valence-electron chi connectivity index (χ1n) is 4.13. The van der Waals surface area contributed by atoms with E-state index in [0.717, 1.165) is 10.9 Å². The van der Waals surface area contributed by atoms with Crippen LogP contribution in [0.15, 0.2) is 18.3 Å². The number of amides is 1. The lowest BCUT2D eigenvalue weighted by atomic mass is 10.2. The third-order valence-corrected chi connectivity index (χ3v) is 2.29. The molecule has 1 amide bonds. The third-order valence-electron chi connectivity index (χ3n) is 1.90. The number of anilines is 1. The Labute approximate surface area is 86.1 Å². The molecule has 1 radical (unpaired) electrons. The van der Waals surface area contributed by atoms with E-state index in [-0.39, 0.29) is 5.91 Å². The summed E-state index contributed by atoms with van der Waals surface area (Å²) in [5, 5.41) is 3.95. The molecule has 0 aliphatic heterocycles. The monoisotopic (exact) mass is 207 g/mol. The standard InChI is InChI=1S/C10H8ClN2O/c1-6(14)13-9-3-2-8-7(10(9)11)4-5-12-8/h2-3,5,12H,1H3,(H,13,14). The molecule has 0 aliphatic rings. The average molecular weight is 208 g/mol. The minimum atomic E-state index is -0.137. The number of aromatic amines is 1. The molecule has 2 aromatic rings. The number of nitrogens with one attached hydrogen (secondary N) is 2. The molecule has 0 saturated carbocycles. The minimum Gasteiger partial charge on any atom is -0.360 e. The average Bonchev–Trinajstić information content (AvgIpc) is 2.57. The summed E-state index contributed by atoms with van der Waals surface area (Å²) in [6.45, 7) is 1.45. The van der Waals surface area contributed by atoms with Crippen molar-refractivity contribution in [2.45, 2.75) is 6.92 Å². The van der Waals surface area contributed by atoms with Gasteiger partial charge in [0.15, 0.2) is 0 Å². The second kappa shape index (κ2) is 3.35. The second-order valence-corrected chi connectivity index (χ2v) is 3.34. The van der Waals surface area contributed by atoms with Gasteiger partial charge >= 0.3 is 0 Å². The molecule has 1 heterocycles. The molecule has 0 bridgehead atoms. The summed E-state index contributed by atoms with van der Waals surface area (Å²) in [6, 6.07) is 6.57. The predicted molar refractivity (Wildman–Crippen MR) is 56.4 cm³/mol. The van der Waals surface area contributed by atoms with Gasteiger partial charge in [0.2, 0.25) is 5.91 Å². The number of hydrogen-bond donors (Lipinski definition) is 2. The molecular formula is C10H8ClN2O. The molecule has 0 saturated heterocycles. The lowest BCUT2D eigenvalue weighted by molar-refractivity contribution is -0.114. The number of fused-ring (bicyclic) bond motifs is 1. The van der Waals surface area contributed by atoms with Gasteiger partial charge < -0.3 is 10.3 Å². The SMILES string of the molecule is CC(=O)Nc1ccc2[nH]c[c]c2c1Cl. The van der Waals surface area contributed by atoms with Crippen LogP contribution in [-0.2, 0) is 4.79 Å². The molecular weight excluding hydrogens is 200 g/mol. The smallest absolute Gasteiger partial charge is 0.221 e. The van der Waals surface area contributed by atoms with E-state index in [2.05, 4.69) is 16.4 Å². The summed E-state index contributed by atoms with van der Waals surface area (Å²) < 4.78 is 0. The van der Waals surface area contributed by atoms with Gasteiger partial charge in [-0.05, 0) is 12.1 Å². The van der Waals surface area contributed by atoms with Gasteiger partial charge in [0.25, 0.3) is 0 Å². The highest BCUT2D eigenvalue weighted by Crippen LogP contribution is 2.29. The van der Waals surface area contributed by atoms with Crippen LogP contribution in [0, 0.1) is 6.07 Å². The van der Waals surface area contributed by atoms with Crippen LogP contribution in [0.5, 0.6) is 0 Å². The Morgan fingerprint density at radius 3 is 3.07 bits per heavy atom. The molecule has 1 aromatic heterocycles. The van der Waals surface area contributed by atoms with Crippen molar-refractivity contribution in [2.75, 3.05) is 5.32 Å². The van der Waals surface area contributed by atoms with Crippen molar-refractivity contribution < 1.29 is 4.79 Å². The van der Waals surface area contributed by atoms with Gasteiger partial charge in [-0.15, -0.1) is 0 Å². The van der Waals surface area contributed by atoms with Gasteiger partial charge in [0, 0.05) is 30.1 Å². The van der Waals surface area contributed by atoms with Crippen molar-refractivity contribution in [3.8, 4) is 0 Å². The van der Waals surface area contributed by atoms with Gasteiger partial charge in [-0.3, -0.25) is 4.79 Å². The van der Waals surface area contributed by atoms with Crippen LogP contribution in [-0.4, -0.2) is 10.9 Å². The van der Waals surface area contributed by atoms with Crippen molar-refractivity contribution in [3.63, 3.8) is 0 Å². The normalized spacial score (nSPS) is 10.4. The van der Waals surface area contributed by atoms with Crippen molar-refractivity contribution in [1.29, 1.82) is 0 Å². The van der Waals surface area contributed by atoms with E-state index in [1.54, 1.807) is 12.3 Å². The number of benzene rings is 1. The molecule has 4 heteroatoms. The Balaban J connectivity index is 2.56. The highest BCUT2D eigenvalue weighted by Gasteiger charge is 2.06. The van der Waals surface area contributed by atoms with Gasteiger partial charge in [0.1, 0.15) is 0 Å². The molecule has 14 heavy (non-hydrogen) atoms. The van der Waals surface area contributed by atoms with Crippen LogP contribution in [0.4, 0.5) is 5.69 Å². The first kappa shape index (κ1) is 9.09. The van der Waals surface area contributed by atoms with Crippen LogP contribution < -0.4 is 5.32 Å². The van der Waals surface area contributed by atoms with Gasteiger partial charge in [-0.25, -0.2) is 0 Å². The van der Waals surface area contributed by atoms with E-state index in [1.165, 1.54) is 6.92 Å². The fraction of sp³-hybridized carbons (Fsp3) is 0.100. The highest BCUT2D eigenvalue weighted by molar-refractivity contribution is 6.38. The quantitative estimate of drug-likeness (QED) is 0.742. The van der Waals surface area contributed by atoms with E-state index in [9.17, 15) is 4.79 Å². The summed E-state index contributed by atoms with van der Waals surface area (Å²) in [4.78, 5) is 13.8. The summed E-state index contributed by atoms with van der Waals surface area (Å²) >= 11 is 6.06. The molecule has 71 valence electrons. The molecule has 0 fully saturated rings. The van der Waals surface area contributed by atoms with Crippen molar-refractivity contribution in [3.05, 3.63) is 29.4 Å². The zero-order chi connectivity index (χ0) is 10.1. The highest BCUT2D eigenvalue weighted by atomic mass is 35.5. The maximum atomic E-state index is 10.9. The molecule has 0 unspecified atom stereocenters. The largest absolute Gasteiger partial charge is 0.360 e. The number of carbonyl (C=O) groups excluding carboxylic acids is 1. The number of halogens is 1. The summed E-state index contributed by atoms with van der Waals surface area (Å²) in [6.07, 6.45) is 1.69. The van der Waals surface area contributed by atoms with Gasteiger partial charge in [-0.2, -0.15) is 0 Å². The number of carbonyl (C=O) groups is 1. The second-order valence-electron chi connectivity index (χ2n) is 2.96. The lowest BCUT2D eigenvalue weighted by Gasteiger charge is -2.04. The molecule has 0 atom stereocenters. The van der Waals surface area contributed by atoms with Gasteiger partial charge in [-0.1, -0.05) is 11.6 Å². The number of hydrogen-bond acceptors (Lipinski definition) is 1. The Kier molecular flexibility index (Phi) is 2.17. The summed E-state index contributed by atoms with van der Waals surface area (Å²) in [7, 11) is 0. The van der Waals surface area contributed by atoms with Gasteiger partial charge in [0.05, 0.1) is 10.7 Å².